The summed E-state index contributed by atoms with van der Waals surface area (Å²) in [7, 11) is 0. The van der Waals surface area contributed by atoms with Crippen LogP contribution in [0, 0.1) is 6.92 Å². The van der Waals surface area contributed by atoms with Crippen LogP contribution in [0.1, 0.15) is 23.2 Å². The monoisotopic (exact) mass is 325 g/mol. The number of nitrogens with zero attached hydrogens (tertiary/aromatic N) is 4. The summed E-state index contributed by atoms with van der Waals surface area (Å²) in [5.41, 5.74) is 2.28. The van der Waals surface area contributed by atoms with Crippen molar-refractivity contribution in [2.45, 2.75) is 20.4 Å². The van der Waals surface area contributed by atoms with Crippen LogP contribution in [0.25, 0.3) is 10.9 Å². The van der Waals surface area contributed by atoms with Gasteiger partial charge >= 0.3 is 5.97 Å². The van der Waals surface area contributed by atoms with Crippen LogP contribution in [0.4, 0.5) is 11.4 Å². The summed E-state index contributed by atoms with van der Waals surface area (Å²) in [6.07, 6.45) is 3.32. The molecule has 0 aliphatic rings. The van der Waals surface area contributed by atoms with E-state index in [2.05, 4.69) is 20.4 Å². The first-order chi connectivity index (χ1) is 11.4. The van der Waals surface area contributed by atoms with Gasteiger partial charge in [-0.05, 0) is 25.1 Å². The second-order valence-corrected chi connectivity index (χ2v) is 5.33. The minimum atomic E-state index is -1.02. The van der Waals surface area contributed by atoms with Gasteiger partial charge in [0.05, 0.1) is 23.6 Å². The summed E-state index contributed by atoms with van der Waals surface area (Å²) in [6, 6.07) is 5.28. The molecule has 0 atom stereocenters. The summed E-state index contributed by atoms with van der Waals surface area (Å²) in [5, 5.41) is 16.8. The van der Waals surface area contributed by atoms with Crippen molar-refractivity contribution in [3.05, 3.63) is 42.1 Å². The largest absolute Gasteiger partial charge is 0.480 e. The number of hydrogen-bond donors (Lipinski definition) is 2. The molecule has 1 aromatic carbocycles. The van der Waals surface area contributed by atoms with Gasteiger partial charge in [0.1, 0.15) is 18.1 Å². The van der Waals surface area contributed by atoms with Crippen molar-refractivity contribution >= 4 is 34.0 Å². The van der Waals surface area contributed by atoms with Gasteiger partial charge in [-0.25, -0.2) is 9.97 Å². The number of hydrogen-bond acceptors (Lipinski definition) is 6. The maximum Gasteiger partial charge on any atom is 0.325 e. The van der Waals surface area contributed by atoms with Gasteiger partial charge in [-0.15, -0.1) is 0 Å². The van der Waals surface area contributed by atoms with Gasteiger partial charge in [0.15, 0.2) is 5.78 Å². The summed E-state index contributed by atoms with van der Waals surface area (Å²) < 4.78 is 1.31. The number of Topliss-reactive ketones (excluding diaryl/α,β-unsaturated/α-hetero) is 1. The van der Waals surface area contributed by atoms with Gasteiger partial charge in [-0.2, -0.15) is 5.10 Å². The minimum absolute atomic E-state index is 0.222. The van der Waals surface area contributed by atoms with E-state index >= 15 is 0 Å². The molecular formula is C16H15N5O3. The van der Waals surface area contributed by atoms with E-state index < -0.39 is 5.97 Å². The van der Waals surface area contributed by atoms with Crippen LogP contribution in [-0.4, -0.2) is 36.6 Å². The number of aromatic nitrogens is 4. The van der Waals surface area contributed by atoms with Crippen LogP contribution >= 0.6 is 0 Å². The first-order valence-corrected chi connectivity index (χ1v) is 7.23. The number of carboxylic acids is 1. The molecule has 3 aromatic rings. The van der Waals surface area contributed by atoms with E-state index in [1.807, 2.05) is 0 Å². The Morgan fingerprint density at radius 3 is 2.54 bits per heavy atom. The van der Waals surface area contributed by atoms with E-state index in [1.54, 1.807) is 37.5 Å². The Labute approximate surface area is 137 Å². The van der Waals surface area contributed by atoms with Crippen molar-refractivity contribution in [2.75, 3.05) is 5.32 Å². The molecule has 0 radical (unpaired) electrons. The third-order valence-corrected chi connectivity index (χ3v) is 3.44. The smallest absolute Gasteiger partial charge is 0.325 e. The number of anilines is 2. The van der Waals surface area contributed by atoms with E-state index in [1.165, 1.54) is 11.6 Å². The lowest BCUT2D eigenvalue weighted by Crippen LogP contribution is -2.10. The Hall–Kier alpha value is -3.29. The third kappa shape index (κ3) is 3.07. The molecule has 0 amide bonds. The van der Waals surface area contributed by atoms with Crippen LogP contribution in [0.2, 0.25) is 0 Å². The summed E-state index contributed by atoms with van der Waals surface area (Å²) in [6.45, 7) is 2.90. The topological polar surface area (TPSA) is 110 Å². The number of carboxylic acid groups (broad SMARTS) is 1. The van der Waals surface area contributed by atoms with Gasteiger partial charge < -0.3 is 10.4 Å². The van der Waals surface area contributed by atoms with E-state index in [0.29, 0.717) is 22.4 Å². The SMILES string of the molecule is CC(=O)c1nn(CC(=O)O)c2ccc(Nc3cnc(C)nc3)cc12. The van der Waals surface area contributed by atoms with Crippen molar-refractivity contribution in [2.24, 2.45) is 0 Å². The highest BCUT2D eigenvalue weighted by Crippen LogP contribution is 2.25. The lowest BCUT2D eigenvalue weighted by Gasteiger charge is -2.06. The number of aryl methyl sites for hydroxylation is 1. The van der Waals surface area contributed by atoms with Crippen molar-refractivity contribution in [3.63, 3.8) is 0 Å². The predicted octanol–water partition coefficient (Wildman–Crippen LogP) is 2.17. The molecule has 0 saturated heterocycles. The van der Waals surface area contributed by atoms with Gasteiger partial charge in [0.25, 0.3) is 0 Å². The molecule has 0 unspecified atom stereocenters. The maximum absolute atomic E-state index is 11.8. The fraction of sp³-hybridized carbons (Fsp3) is 0.188. The van der Waals surface area contributed by atoms with Crippen molar-refractivity contribution in [1.82, 2.24) is 19.7 Å². The Kier molecular flexibility index (Phi) is 3.95. The lowest BCUT2D eigenvalue weighted by atomic mass is 10.1. The predicted molar refractivity (Wildman–Crippen MR) is 87.4 cm³/mol. The van der Waals surface area contributed by atoms with Gasteiger partial charge in [0.2, 0.25) is 0 Å². The van der Waals surface area contributed by atoms with Crippen LogP contribution in [0.3, 0.4) is 0 Å². The molecule has 2 heterocycles. The highest BCUT2D eigenvalue weighted by Gasteiger charge is 2.16. The summed E-state index contributed by atoms with van der Waals surface area (Å²) in [5.74, 6) is -0.571. The van der Waals surface area contributed by atoms with E-state index in [-0.39, 0.29) is 18.0 Å². The highest BCUT2D eigenvalue weighted by molar-refractivity contribution is 6.05. The average Bonchev–Trinajstić information content (AvgIpc) is 2.87. The summed E-state index contributed by atoms with van der Waals surface area (Å²) >= 11 is 0. The zero-order valence-corrected chi connectivity index (χ0v) is 13.1. The first kappa shape index (κ1) is 15.6. The van der Waals surface area contributed by atoms with Crippen LogP contribution in [0.5, 0.6) is 0 Å². The average molecular weight is 325 g/mol. The molecule has 8 nitrogen and oxygen atoms in total. The van der Waals surface area contributed by atoms with Crippen LogP contribution in [0.15, 0.2) is 30.6 Å². The number of fused-ring (bicyclic) bond motifs is 1. The second kappa shape index (κ2) is 6.07. The Balaban J connectivity index is 2.02. The van der Waals surface area contributed by atoms with Gasteiger partial charge in [0, 0.05) is 18.0 Å². The zero-order chi connectivity index (χ0) is 17.3. The minimum Gasteiger partial charge on any atom is -0.480 e. The van der Waals surface area contributed by atoms with Crippen LogP contribution < -0.4 is 5.32 Å². The van der Waals surface area contributed by atoms with Crippen molar-refractivity contribution in [1.29, 1.82) is 0 Å². The van der Waals surface area contributed by atoms with Gasteiger partial charge in [-0.3, -0.25) is 14.3 Å². The molecule has 0 fully saturated rings. The number of aliphatic carboxylic acids is 1. The zero-order valence-electron chi connectivity index (χ0n) is 13.1. The van der Waals surface area contributed by atoms with Crippen LogP contribution in [-0.2, 0) is 11.3 Å². The molecule has 0 saturated carbocycles. The molecule has 24 heavy (non-hydrogen) atoms. The first-order valence-electron chi connectivity index (χ1n) is 7.23. The van der Waals surface area contributed by atoms with E-state index in [0.717, 1.165) is 5.69 Å². The number of carbonyl (C=O) groups is 2. The van der Waals surface area contributed by atoms with E-state index in [9.17, 15) is 9.59 Å². The molecule has 0 aliphatic heterocycles. The molecule has 2 aromatic heterocycles. The van der Waals surface area contributed by atoms with E-state index in [4.69, 9.17) is 5.11 Å². The lowest BCUT2D eigenvalue weighted by molar-refractivity contribution is -0.137. The molecule has 2 N–H and O–H groups in total. The normalized spacial score (nSPS) is 10.8. The molecule has 122 valence electrons. The Bertz CT molecular complexity index is 931. The fourth-order valence-corrected chi connectivity index (χ4v) is 2.39. The fourth-order valence-electron chi connectivity index (χ4n) is 2.39. The molecular weight excluding hydrogens is 310 g/mol. The number of nitrogens with one attached hydrogen (secondary N) is 1. The Morgan fingerprint density at radius 2 is 1.92 bits per heavy atom. The number of benzene rings is 1. The van der Waals surface area contributed by atoms with Gasteiger partial charge in [-0.1, -0.05) is 0 Å². The van der Waals surface area contributed by atoms with Crippen molar-refractivity contribution < 1.29 is 14.7 Å². The maximum atomic E-state index is 11.8. The highest BCUT2D eigenvalue weighted by atomic mass is 16.4. The molecule has 0 spiro atoms. The summed E-state index contributed by atoms with van der Waals surface area (Å²) in [4.78, 5) is 31.0. The quantitative estimate of drug-likeness (QED) is 0.692. The third-order valence-electron chi connectivity index (χ3n) is 3.44. The number of rotatable bonds is 5. The number of ketones is 1. The number of carbonyl (C=O) groups excluding carboxylic acids is 1. The molecule has 0 bridgehead atoms. The van der Waals surface area contributed by atoms with Crippen molar-refractivity contribution in [3.8, 4) is 0 Å². The molecule has 0 aliphatic carbocycles. The molecule has 8 heteroatoms. The molecule has 3 rings (SSSR count). The standard InChI is InChI=1S/C16H15N5O3/c1-9(22)16-13-5-11(19-12-6-17-10(2)18-7-12)3-4-14(13)21(20-16)8-15(23)24/h3-7,19H,8H2,1-2H3,(H,23,24). The Morgan fingerprint density at radius 1 is 1.21 bits per heavy atom. The second-order valence-electron chi connectivity index (χ2n) is 5.33.